The summed E-state index contributed by atoms with van der Waals surface area (Å²) < 4.78 is 28.4. The lowest BCUT2D eigenvalue weighted by atomic mass is 10.3. The molecule has 0 aliphatic carbocycles. The van der Waals surface area contributed by atoms with Gasteiger partial charge in [0.2, 0.25) is 0 Å². The van der Waals surface area contributed by atoms with E-state index in [1.54, 1.807) is 24.3 Å². The predicted molar refractivity (Wildman–Crippen MR) is 69.8 cm³/mol. The van der Waals surface area contributed by atoms with Crippen LogP contribution in [0.25, 0.3) is 0 Å². The quantitative estimate of drug-likeness (QED) is 0.923. The van der Waals surface area contributed by atoms with E-state index in [0.717, 1.165) is 6.26 Å². The lowest BCUT2D eigenvalue weighted by Crippen LogP contribution is -1.97. The summed E-state index contributed by atoms with van der Waals surface area (Å²) in [5.41, 5.74) is 0.483. The fraction of sp³-hybridized carbons (Fsp3) is 0.154. The molecular formula is C13H13NO4S. The van der Waals surface area contributed by atoms with Crippen LogP contribution in [0.5, 0.6) is 11.5 Å². The Morgan fingerprint density at radius 3 is 2.63 bits per heavy atom. The van der Waals surface area contributed by atoms with Gasteiger partial charge in [0.25, 0.3) is 0 Å². The third-order valence-corrected chi connectivity index (χ3v) is 3.53. The van der Waals surface area contributed by atoms with E-state index in [4.69, 9.17) is 9.84 Å². The van der Waals surface area contributed by atoms with Crippen LogP contribution in [0.15, 0.2) is 47.5 Å². The minimum absolute atomic E-state index is 0.180. The van der Waals surface area contributed by atoms with Crippen LogP contribution in [0.1, 0.15) is 5.69 Å². The van der Waals surface area contributed by atoms with E-state index < -0.39 is 9.84 Å². The molecule has 5 nitrogen and oxygen atoms in total. The van der Waals surface area contributed by atoms with Gasteiger partial charge >= 0.3 is 0 Å². The summed E-state index contributed by atoms with van der Waals surface area (Å²) in [7, 11) is -3.26. The summed E-state index contributed by atoms with van der Waals surface area (Å²) in [5, 5.41) is 8.98. The number of ether oxygens (including phenoxy) is 1. The van der Waals surface area contributed by atoms with Crippen molar-refractivity contribution in [2.45, 2.75) is 11.5 Å². The van der Waals surface area contributed by atoms with Crippen LogP contribution in [-0.2, 0) is 16.4 Å². The molecule has 0 atom stereocenters. The standard InChI is InChI=1S/C13H13NO4S/c1-19(16,17)13-4-2-3-11(8-13)18-12-5-6-14-10(7-12)9-15/h2-8,15H,9H2,1H3. The highest BCUT2D eigenvalue weighted by molar-refractivity contribution is 7.90. The summed E-state index contributed by atoms with van der Waals surface area (Å²) in [6, 6.07) is 9.45. The van der Waals surface area contributed by atoms with Crippen molar-refractivity contribution in [2.75, 3.05) is 6.26 Å². The third-order valence-electron chi connectivity index (χ3n) is 2.42. The normalized spacial score (nSPS) is 11.3. The molecule has 0 bridgehead atoms. The monoisotopic (exact) mass is 279 g/mol. The van der Waals surface area contributed by atoms with Crippen molar-refractivity contribution in [1.82, 2.24) is 4.98 Å². The van der Waals surface area contributed by atoms with E-state index in [-0.39, 0.29) is 11.5 Å². The fourth-order valence-corrected chi connectivity index (χ4v) is 2.17. The Kier molecular flexibility index (Phi) is 3.82. The highest BCUT2D eigenvalue weighted by Crippen LogP contribution is 2.24. The Balaban J connectivity index is 2.28. The van der Waals surface area contributed by atoms with Gasteiger partial charge in [-0.2, -0.15) is 0 Å². The Bertz CT molecular complexity index is 683. The molecule has 2 aromatic rings. The van der Waals surface area contributed by atoms with E-state index in [9.17, 15) is 8.42 Å². The molecule has 0 aliphatic rings. The molecule has 0 saturated heterocycles. The first kappa shape index (κ1) is 13.5. The molecule has 100 valence electrons. The predicted octanol–water partition coefficient (Wildman–Crippen LogP) is 1.77. The third kappa shape index (κ3) is 3.52. The molecule has 0 amide bonds. The van der Waals surface area contributed by atoms with Crippen molar-refractivity contribution in [3.63, 3.8) is 0 Å². The second kappa shape index (κ2) is 5.38. The maximum absolute atomic E-state index is 11.4. The molecule has 0 unspecified atom stereocenters. The average molecular weight is 279 g/mol. The number of aliphatic hydroxyl groups is 1. The number of aliphatic hydroxyl groups excluding tert-OH is 1. The van der Waals surface area contributed by atoms with Crippen molar-refractivity contribution >= 4 is 9.84 Å². The van der Waals surface area contributed by atoms with Crippen LogP contribution in [0, 0.1) is 0 Å². The van der Waals surface area contributed by atoms with Crippen LogP contribution in [0.2, 0.25) is 0 Å². The van der Waals surface area contributed by atoms with Gasteiger partial charge in [-0.25, -0.2) is 8.42 Å². The van der Waals surface area contributed by atoms with Crippen molar-refractivity contribution in [1.29, 1.82) is 0 Å². The summed E-state index contributed by atoms with van der Waals surface area (Å²) >= 11 is 0. The molecule has 0 saturated carbocycles. The highest BCUT2D eigenvalue weighted by atomic mass is 32.2. The van der Waals surface area contributed by atoms with E-state index in [0.29, 0.717) is 17.2 Å². The second-order valence-corrected chi connectivity index (χ2v) is 6.01. The Hall–Kier alpha value is -1.92. The maximum atomic E-state index is 11.4. The molecule has 2 rings (SSSR count). The van der Waals surface area contributed by atoms with Crippen molar-refractivity contribution in [2.24, 2.45) is 0 Å². The summed E-state index contributed by atoms with van der Waals surface area (Å²) in [4.78, 5) is 4.13. The molecule has 0 spiro atoms. The van der Waals surface area contributed by atoms with Gasteiger partial charge in [-0.15, -0.1) is 0 Å². The molecule has 0 fully saturated rings. The zero-order valence-corrected chi connectivity index (χ0v) is 11.1. The Morgan fingerprint density at radius 1 is 1.21 bits per heavy atom. The number of hydrogen-bond donors (Lipinski definition) is 1. The van der Waals surface area contributed by atoms with Crippen LogP contribution in [0.3, 0.4) is 0 Å². The van der Waals surface area contributed by atoms with E-state index in [1.807, 2.05) is 0 Å². The van der Waals surface area contributed by atoms with Crippen molar-refractivity contribution in [3.8, 4) is 11.5 Å². The maximum Gasteiger partial charge on any atom is 0.175 e. The lowest BCUT2D eigenvalue weighted by molar-refractivity contribution is 0.276. The van der Waals surface area contributed by atoms with Gasteiger partial charge in [0.05, 0.1) is 17.2 Å². The molecule has 0 aliphatic heterocycles. The van der Waals surface area contributed by atoms with Gasteiger partial charge in [0, 0.05) is 18.5 Å². The minimum Gasteiger partial charge on any atom is -0.457 e. The molecule has 1 aromatic carbocycles. The summed E-state index contributed by atoms with van der Waals surface area (Å²) in [6.45, 7) is -0.180. The highest BCUT2D eigenvalue weighted by Gasteiger charge is 2.08. The first-order valence-corrected chi connectivity index (χ1v) is 7.42. The SMILES string of the molecule is CS(=O)(=O)c1cccc(Oc2ccnc(CO)c2)c1. The number of pyridine rings is 1. The smallest absolute Gasteiger partial charge is 0.175 e. The molecule has 1 heterocycles. The number of benzene rings is 1. The van der Waals surface area contributed by atoms with Gasteiger partial charge in [-0.1, -0.05) is 6.07 Å². The number of aromatic nitrogens is 1. The molecule has 19 heavy (non-hydrogen) atoms. The van der Waals surface area contributed by atoms with E-state index in [1.165, 1.54) is 18.3 Å². The Labute approximate surface area is 111 Å². The Morgan fingerprint density at radius 2 is 1.95 bits per heavy atom. The summed E-state index contributed by atoms with van der Waals surface area (Å²) in [6.07, 6.45) is 2.66. The average Bonchev–Trinajstić information content (AvgIpc) is 2.38. The number of nitrogens with zero attached hydrogens (tertiary/aromatic N) is 1. The van der Waals surface area contributed by atoms with Gasteiger partial charge < -0.3 is 9.84 Å². The van der Waals surface area contributed by atoms with Crippen molar-refractivity contribution < 1.29 is 18.3 Å². The first-order chi connectivity index (χ1) is 8.99. The van der Waals surface area contributed by atoms with Gasteiger partial charge in [-0.05, 0) is 24.3 Å². The second-order valence-electron chi connectivity index (χ2n) is 3.99. The van der Waals surface area contributed by atoms with Crippen LogP contribution in [-0.4, -0.2) is 24.8 Å². The van der Waals surface area contributed by atoms with Gasteiger partial charge in [0.15, 0.2) is 9.84 Å². The largest absolute Gasteiger partial charge is 0.457 e. The zero-order chi connectivity index (χ0) is 13.9. The first-order valence-electron chi connectivity index (χ1n) is 5.53. The van der Waals surface area contributed by atoms with Gasteiger partial charge in [0.1, 0.15) is 11.5 Å². The number of sulfone groups is 1. The zero-order valence-electron chi connectivity index (χ0n) is 10.3. The number of rotatable bonds is 4. The van der Waals surface area contributed by atoms with Crippen LogP contribution >= 0.6 is 0 Å². The minimum atomic E-state index is -3.26. The fourth-order valence-electron chi connectivity index (χ4n) is 1.51. The topological polar surface area (TPSA) is 76.5 Å². The van der Waals surface area contributed by atoms with Gasteiger partial charge in [-0.3, -0.25) is 4.98 Å². The molecule has 1 aromatic heterocycles. The molecule has 1 N–H and O–H groups in total. The van der Waals surface area contributed by atoms with Crippen LogP contribution in [0.4, 0.5) is 0 Å². The van der Waals surface area contributed by atoms with E-state index in [2.05, 4.69) is 4.98 Å². The van der Waals surface area contributed by atoms with E-state index >= 15 is 0 Å². The number of hydrogen-bond acceptors (Lipinski definition) is 5. The lowest BCUT2D eigenvalue weighted by Gasteiger charge is -2.07. The molecular weight excluding hydrogens is 266 g/mol. The van der Waals surface area contributed by atoms with Crippen molar-refractivity contribution in [3.05, 3.63) is 48.3 Å². The van der Waals surface area contributed by atoms with Crippen LogP contribution < -0.4 is 4.74 Å². The molecule has 6 heteroatoms. The summed E-state index contributed by atoms with van der Waals surface area (Å²) in [5.74, 6) is 0.905. The molecule has 0 radical (unpaired) electrons.